The third-order valence-corrected chi connectivity index (χ3v) is 2.01. The Morgan fingerprint density at radius 3 is 2.39 bits per heavy atom. The van der Waals surface area contributed by atoms with Crippen LogP contribution in [-0.2, 0) is 4.74 Å². The van der Waals surface area contributed by atoms with E-state index in [4.69, 9.17) is 21.4 Å². The summed E-state index contributed by atoms with van der Waals surface area (Å²) >= 11 is 5.76. The van der Waals surface area contributed by atoms with Gasteiger partial charge in [0.2, 0.25) is 0 Å². The fourth-order valence-corrected chi connectivity index (χ4v) is 1.44. The molecular formula is C12H14ClNO4. The van der Waals surface area contributed by atoms with Crippen LogP contribution in [0.3, 0.4) is 0 Å². The number of anilines is 1. The second kappa shape index (κ2) is 5.27. The van der Waals surface area contributed by atoms with Gasteiger partial charge in [-0.15, -0.1) is 0 Å². The zero-order valence-electron chi connectivity index (χ0n) is 10.3. The van der Waals surface area contributed by atoms with Crippen LogP contribution in [0.15, 0.2) is 18.2 Å². The maximum absolute atomic E-state index is 11.5. The van der Waals surface area contributed by atoms with Crippen LogP contribution in [0.4, 0.5) is 10.5 Å². The van der Waals surface area contributed by atoms with Gasteiger partial charge in [0, 0.05) is 10.7 Å². The molecule has 0 aromatic heterocycles. The van der Waals surface area contributed by atoms with E-state index < -0.39 is 17.7 Å². The predicted octanol–water partition coefficient (Wildman–Crippen LogP) is 3.39. The Balaban J connectivity index is 2.85. The Labute approximate surface area is 110 Å². The number of carboxylic acid groups (broad SMARTS) is 1. The maximum atomic E-state index is 11.5. The van der Waals surface area contributed by atoms with Crippen molar-refractivity contribution in [2.75, 3.05) is 5.32 Å². The minimum atomic E-state index is -1.12. The van der Waals surface area contributed by atoms with Crippen molar-refractivity contribution in [1.82, 2.24) is 0 Å². The Morgan fingerprint density at radius 1 is 1.28 bits per heavy atom. The standard InChI is InChI=1S/C12H14ClNO4/c1-12(2,3)18-11(17)14-9-5-7(10(15)16)4-8(13)6-9/h4-6H,1-3H3,(H,14,17)(H,15,16). The Hall–Kier alpha value is -1.75. The predicted molar refractivity (Wildman–Crippen MR) is 68.3 cm³/mol. The molecule has 1 aromatic carbocycles. The number of hydrogen-bond donors (Lipinski definition) is 2. The lowest BCUT2D eigenvalue weighted by molar-refractivity contribution is 0.0633. The van der Waals surface area contributed by atoms with E-state index in [1.807, 2.05) is 0 Å². The van der Waals surface area contributed by atoms with E-state index in [1.165, 1.54) is 18.2 Å². The van der Waals surface area contributed by atoms with E-state index in [2.05, 4.69) is 5.32 Å². The van der Waals surface area contributed by atoms with Crippen molar-refractivity contribution >= 4 is 29.4 Å². The number of rotatable bonds is 2. The van der Waals surface area contributed by atoms with Crippen molar-refractivity contribution in [3.63, 3.8) is 0 Å². The average molecular weight is 272 g/mol. The van der Waals surface area contributed by atoms with Gasteiger partial charge in [-0.1, -0.05) is 11.6 Å². The summed E-state index contributed by atoms with van der Waals surface area (Å²) in [5.41, 5.74) is -0.360. The zero-order valence-corrected chi connectivity index (χ0v) is 11.0. The third kappa shape index (κ3) is 4.63. The van der Waals surface area contributed by atoms with Gasteiger partial charge < -0.3 is 9.84 Å². The van der Waals surface area contributed by atoms with E-state index in [0.29, 0.717) is 0 Å². The summed E-state index contributed by atoms with van der Waals surface area (Å²) in [6, 6.07) is 4.04. The van der Waals surface area contributed by atoms with Crippen LogP contribution < -0.4 is 5.32 Å². The van der Waals surface area contributed by atoms with E-state index in [9.17, 15) is 9.59 Å². The molecule has 0 heterocycles. The molecule has 2 N–H and O–H groups in total. The molecule has 6 heteroatoms. The Kier molecular flexibility index (Phi) is 4.19. The summed E-state index contributed by atoms with van der Waals surface area (Å²) in [7, 11) is 0. The van der Waals surface area contributed by atoms with E-state index in [1.54, 1.807) is 20.8 Å². The van der Waals surface area contributed by atoms with Crippen LogP contribution in [0.1, 0.15) is 31.1 Å². The van der Waals surface area contributed by atoms with Crippen LogP contribution in [0, 0.1) is 0 Å². The first kappa shape index (κ1) is 14.3. The van der Waals surface area contributed by atoms with Crippen molar-refractivity contribution in [2.45, 2.75) is 26.4 Å². The molecule has 0 saturated carbocycles. The molecule has 5 nitrogen and oxygen atoms in total. The number of amides is 1. The molecular weight excluding hydrogens is 258 g/mol. The number of aromatic carboxylic acids is 1. The molecule has 0 bridgehead atoms. The molecule has 0 unspecified atom stereocenters. The van der Waals surface area contributed by atoms with E-state index in [0.717, 1.165) is 0 Å². The number of carboxylic acids is 1. The van der Waals surface area contributed by atoms with Gasteiger partial charge in [-0.25, -0.2) is 9.59 Å². The molecule has 0 saturated heterocycles. The second-order valence-electron chi connectivity index (χ2n) is 4.66. The summed E-state index contributed by atoms with van der Waals surface area (Å²) in [6.07, 6.45) is -0.666. The van der Waals surface area contributed by atoms with Crippen molar-refractivity contribution in [1.29, 1.82) is 0 Å². The van der Waals surface area contributed by atoms with Gasteiger partial charge in [0.25, 0.3) is 0 Å². The van der Waals surface area contributed by atoms with Gasteiger partial charge >= 0.3 is 12.1 Å². The molecule has 0 atom stereocenters. The number of carbonyl (C=O) groups excluding carboxylic acids is 1. The molecule has 0 aliphatic heterocycles. The number of carbonyl (C=O) groups is 2. The lowest BCUT2D eigenvalue weighted by atomic mass is 10.2. The van der Waals surface area contributed by atoms with Crippen molar-refractivity contribution in [3.8, 4) is 0 Å². The maximum Gasteiger partial charge on any atom is 0.412 e. The largest absolute Gasteiger partial charge is 0.478 e. The highest BCUT2D eigenvalue weighted by molar-refractivity contribution is 6.31. The van der Waals surface area contributed by atoms with Gasteiger partial charge in [0.05, 0.1) is 5.56 Å². The highest BCUT2D eigenvalue weighted by Crippen LogP contribution is 2.20. The first-order valence-electron chi connectivity index (χ1n) is 5.21. The number of hydrogen-bond acceptors (Lipinski definition) is 3. The van der Waals surface area contributed by atoms with Crippen molar-refractivity contribution in [3.05, 3.63) is 28.8 Å². The SMILES string of the molecule is CC(C)(C)OC(=O)Nc1cc(Cl)cc(C(=O)O)c1. The van der Waals surface area contributed by atoms with Gasteiger partial charge in [0.15, 0.2) is 0 Å². The molecule has 0 aliphatic rings. The second-order valence-corrected chi connectivity index (χ2v) is 5.10. The Bertz CT molecular complexity index is 479. The highest BCUT2D eigenvalue weighted by Gasteiger charge is 2.17. The molecule has 0 aliphatic carbocycles. The monoisotopic (exact) mass is 271 g/mol. The highest BCUT2D eigenvalue weighted by atomic mass is 35.5. The van der Waals surface area contributed by atoms with Gasteiger partial charge in [-0.05, 0) is 39.0 Å². The fraction of sp³-hybridized carbons (Fsp3) is 0.333. The number of benzene rings is 1. The topological polar surface area (TPSA) is 75.6 Å². The van der Waals surface area contributed by atoms with Crippen molar-refractivity contribution in [2.24, 2.45) is 0 Å². The smallest absolute Gasteiger partial charge is 0.412 e. The van der Waals surface area contributed by atoms with Crippen molar-refractivity contribution < 1.29 is 19.4 Å². The molecule has 1 rings (SSSR count). The molecule has 0 fully saturated rings. The first-order valence-corrected chi connectivity index (χ1v) is 5.59. The molecule has 1 amide bonds. The van der Waals surface area contributed by atoms with Crippen LogP contribution in [0.5, 0.6) is 0 Å². The Morgan fingerprint density at radius 2 is 1.89 bits per heavy atom. The van der Waals surface area contributed by atoms with Crippen LogP contribution >= 0.6 is 11.6 Å². The lowest BCUT2D eigenvalue weighted by Gasteiger charge is -2.19. The minimum absolute atomic E-state index is 0.00596. The van der Waals surface area contributed by atoms with Gasteiger partial charge in [0.1, 0.15) is 5.60 Å². The zero-order chi connectivity index (χ0) is 13.9. The van der Waals surface area contributed by atoms with E-state index in [-0.39, 0.29) is 16.3 Å². The van der Waals surface area contributed by atoms with Crippen LogP contribution in [0.2, 0.25) is 5.02 Å². The van der Waals surface area contributed by atoms with Crippen LogP contribution in [-0.4, -0.2) is 22.8 Å². The first-order chi connectivity index (χ1) is 8.17. The van der Waals surface area contributed by atoms with Gasteiger partial charge in [-0.3, -0.25) is 5.32 Å². The summed E-state index contributed by atoms with van der Waals surface area (Å²) < 4.78 is 5.04. The summed E-state index contributed by atoms with van der Waals surface area (Å²) in [5, 5.41) is 11.5. The molecule has 0 spiro atoms. The minimum Gasteiger partial charge on any atom is -0.478 e. The third-order valence-electron chi connectivity index (χ3n) is 1.79. The number of nitrogens with one attached hydrogen (secondary N) is 1. The molecule has 1 aromatic rings. The number of ether oxygens (including phenoxy) is 1. The molecule has 0 radical (unpaired) electrons. The quantitative estimate of drug-likeness (QED) is 0.864. The summed E-state index contributed by atoms with van der Waals surface area (Å²) in [4.78, 5) is 22.3. The fourth-order valence-electron chi connectivity index (χ4n) is 1.21. The van der Waals surface area contributed by atoms with E-state index >= 15 is 0 Å². The molecule has 18 heavy (non-hydrogen) atoms. The summed E-state index contributed by atoms with van der Waals surface area (Å²) in [5.74, 6) is -1.12. The number of halogens is 1. The summed E-state index contributed by atoms with van der Waals surface area (Å²) in [6.45, 7) is 5.19. The lowest BCUT2D eigenvalue weighted by Crippen LogP contribution is -2.27. The average Bonchev–Trinajstić information content (AvgIpc) is 2.12. The van der Waals surface area contributed by atoms with Gasteiger partial charge in [-0.2, -0.15) is 0 Å². The normalized spacial score (nSPS) is 10.9. The molecule has 98 valence electrons. The van der Waals surface area contributed by atoms with Crippen LogP contribution in [0.25, 0.3) is 0 Å².